The molecular weight excluding hydrogens is 296 g/mol. The molecular formula is C12H16N4O4S. The fraction of sp³-hybridized carbons (Fsp3) is 0.417. The summed E-state index contributed by atoms with van der Waals surface area (Å²) in [4.78, 5) is 11.9. The van der Waals surface area contributed by atoms with Crippen molar-refractivity contribution in [3.8, 4) is 6.07 Å². The Morgan fingerprint density at radius 3 is 2.43 bits per heavy atom. The highest BCUT2D eigenvalue weighted by Gasteiger charge is 2.24. The van der Waals surface area contributed by atoms with E-state index < -0.39 is 14.9 Å². The molecule has 0 bridgehead atoms. The van der Waals surface area contributed by atoms with E-state index in [2.05, 4.69) is 0 Å². The van der Waals surface area contributed by atoms with Crippen molar-refractivity contribution in [3.63, 3.8) is 0 Å². The summed E-state index contributed by atoms with van der Waals surface area (Å²) < 4.78 is 25.0. The molecule has 0 heterocycles. The summed E-state index contributed by atoms with van der Waals surface area (Å²) in [6.45, 7) is 0.317. The Morgan fingerprint density at radius 2 is 1.95 bits per heavy atom. The first-order valence-electron chi connectivity index (χ1n) is 6.01. The maximum absolute atomic E-state index is 12.0. The molecule has 0 radical (unpaired) electrons. The molecule has 0 unspecified atom stereocenters. The molecule has 0 aliphatic heterocycles. The molecule has 0 aliphatic carbocycles. The highest BCUT2D eigenvalue weighted by molar-refractivity contribution is 7.89. The van der Waals surface area contributed by atoms with Crippen LogP contribution in [0.3, 0.4) is 0 Å². The smallest absolute Gasteiger partial charge is 0.293 e. The zero-order valence-electron chi connectivity index (χ0n) is 12.0. The lowest BCUT2D eigenvalue weighted by molar-refractivity contribution is -0.384. The zero-order valence-corrected chi connectivity index (χ0v) is 12.8. The molecule has 9 heteroatoms. The molecule has 0 spiro atoms. The number of anilines is 1. The van der Waals surface area contributed by atoms with E-state index in [1.807, 2.05) is 6.07 Å². The van der Waals surface area contributed by atoms with Crippen molar-refractivity contribution >= 4 is 21.4 Å². The van der Waals surface area contributed by atoms with Crippen LogP contribution in [0.15, 0.2) is 23.1 Å². The lowest BCUT2D eigenvalue weighted by atomic mass is 10.2. The van der Waals surface area contributed by atoms with Crippen molar-refractivity contribution in [1.82, 2.24) is 4.31 Å². The van der Waals surface area contributed by atoms with Gasteiger partial charge in [0.05, 0.1) is 22.3 Å². The summed E-state index contributed by atoms with van der Waals surface area (Å²) in [5.74, 6) is 0. The van der Waals surface area contributed by atoms with Crippen LogP contribution in [0.4, 0.5) is 11.4 Å². The second kappa shape index (κ2) is 6.51. The van der Waals surface area contributed by atoms with Crippen LogP contribution in [0.25, 0.3) is 0 Å². The predicted octanol–water partition coefficient (Wildman–Crippen LogP) is 1.19. The van der Waals surface area contributed by atoms with Crippen LogP contribution in [-0.2, 0) is 10.0 Å². The van der Waals surface area contributed by atoms with Crippen molar-refractivity contribution in [2.75, 3.05) is 32.6 Å². The van der Waals surface area contributed by atoms with E-state index in [1.54, 1.807) is 11.9 Å². The van der Waals surface area contributed by atoms with E-state index in [9.17, 15) is 18.5 Å². The monoisotopic (exact) mass is 312 g/mol. The normalized spacial score (nSPS) is 11.2. The van der Waals surface area contributed by atoms with Gasteiger partial charge >= 0.3 is 0 Å². The zero-order chi connectivity index (χ0) is 16.2. The Bertz CT molecular complexity index is 679. The van der Waals surface area contributed by atoms with Gasteiger partial charge in [-0.3, -0.25) is 10.1 Å². The topological polar surface area (TPSA) is 108 Å². The van der Waals surface area contributed by atoms with Gasteiger partial charge in [0.25, 0.3) is 5.69 Å². The number of hydrogen-bond donors (Lipinski definition) is 0. The highest BCUT2D eigenvalue weighted by Crippen LogP contribution is 2.30. The Balaban J connectivity index is 3.33. The molecule has 1 rings (SSSR count). The van der Waals surface area contributed by atoms with Gasteiger partial charge in [0.1, 0.15) is 5.69 Å². The first-order chi connectivity index (χ1) is 9.71. The number of nitriles is 1. The van der Waals surface area contributed by atoms with Crippen LogP contribution in [0.2, 0.25) is 0 Å². The third-order valence-corrected chi connectivity index (χ3v) is 4.70. The van der Waals surface area contributed by atoms with Crippen molar-refractivity contribution in [2.45, 2.75) is 11.3 Å². The molecule has 0 aromatic heterocycles. The van der Waals surface area contributed by atoms with Gasteiger partial charge in [0.15, 0.2) is 0 Å². The second-order valence-electron chi connectivity index (χ2n) is 4.52. The number of nitro benzene ring substituents is 1. The van der Waals surface area contributed by atoms with E-state index in [1.165, 1.54) is 26.2 Å². The fourth-order valence-electron chi connectivity index (χ4n) is 1.68. The van der Waals surface area contributed by atoms with Gasteiger partial charge in [0, 0.05) is 33.8 Å². The maximum atomic E-state index is 12.0. The molecule has 0 atom stereocenters. The van der Waals surface area contributed by atoms with E-state index in [4.69, 9.17) is 5.26 Å². The van der Waals surface area contributed by atoms with Gasteiger partial charge < -0.3 is 4.90 Å². The summed E-state index contributed by atoms with van der Waals surface area (Å²) in [5.41, 5.74) is -0.0358. The molecule has 0 aliphatic rings. The first-order valence-corrected chi connectivity index (χ1v) is 7.45. The average Bonchev–Trinajstić information content (AvgIpc) is 2.43. The molecule has 114 valence electrons. The van der Waals surface area contributed by atoms with Crippen LogP contribution in [0, 0.1) is 21.4 Å². The van der Waals surface area contributed by atoms with E-state index in [0.717, 1.165) is 10.4 Å². The minimum Gasteiger partial charge on any atom is -0.368 e. The molecule has 0 saturated heterocycles. The number of hydrogen-bond acceptors (Lipinski definition) is 6. The molecule has 21 heavy (non-hydrogen) atoms. The Morgan fingerprint density at radius 1 is 1.33 bits per heavy atom. The van der Waals surface area contributed by atoms with E-state index in [-0.39, 0.29) is 22.7 Å². The summed E-state index contributed by atoms with van der Waals surface area (Å²) in [7, 11) is 0.587. The van der Waals surface area contributed by atoms with Crippen molar-refractivity contribution in [3.05, 3.63) is 28.3 Å². The van der Waals surface area contributed by atoms with Crippen LogP contribution < -0.4 is 4.90 Å². The number of benzene rings is 1. The third kappa shape index (κ3) is 3.68. The Hall–Kier alpha value is -2.18. The second-order valence-corrected chi connectivity index (χ2v) is 6.68. The molecule has 0 amide bonds. The summed E-state index contributed by atoms with van der Waals surface area (Å²) >= 11 is 0. The Labute approximate surface area is 123 Å². The predicted molar refractivity (Wildman–Crippen MR) is 77.5 cm³/mol. The van der Waals surface area contributed by atoms with Crippen LogP contribution in [0.1, 0.15) is 6.42 Å². The SMILES string of the molecule is CN(CCC#N)c1ccc(S(=O)(=O)N(C)C)cc1[N+](=O)[O-]. The third-order valence-electron chi connectivity index (χ3n) is 2.89. The van der Waals surface area contributed by atoms with Crippen molar-refractivity contribution in [1.29, 1.82) is 5.26 Å². The van der Waals surface area contributed by atoms with Gasteiger partial charge in [-0.25, -0.2) is 12.7 Å². The molecule has 8 nitrogen and oxygen atoms in total. The van der Waals surface area contributed by atoms with Gasteiger partial charge in [-0.1, -0.05) is 0 Å². The Kier molecular flexibility index (Phi) is 5.23. The van der Waals surface area contributed by atoms with Crippen molar-refractivity contribution in [2.24, 2.45) is 0 Å². The van der Waals surface area contributed by atoms with E-state index in [0.29, 0.717) is 6.54 Å². The number of nitrogens with zero attached hydrogens (tertiary/aromatic N) is 4. The van der Waals surface area contributed by atoms with Crippen LogP contribution in [-0.4, -0.2) is 45.3 Å². The van der Waals surface area contributed by atoms with Gasteiger partial charge in [-0.05, 0) is 12.1 Å². The summed E-state index contributed by atoms with van der Waals surface area (Å²) in [6.07, 6.45) is 0.214. The largest absolute Gasteiger partial charge is 0.368 e. The maximum Gasteiger partial charge on any atom is 0.293 e. The standard InChI is InChI=1S/C12H16N4O4S/c1-14(2)21(19,20)10-5-6-11(12(9-10)16(17)18)15(3)8-4-7-13/h5-6,9H,4,8H2,1-3H3. The van der Waals surface area contributed by atoms with Gasteiger partial charge in [0.2, 0.25) is 10.0 Å². The number of sulfonamides is 1. The fourth-order valence-corrected chi connectivity index (χ4v) is 2.60. The first kappa shape index (κ1) is 16.9. The summed E-state index contributed by atoms with van der Waals surface area (Å²) in [6, 6.07) is 5.69. The lowest BCUT2D eigenvalue weighted by Crippen LogP contribution is -2.23. The molecule has 1 aromatic carbocycles. The quantitative estimate of drug-likeness (QED) is 0.577. The minimum absolute atomic E-state index is 0.142. The molecule has 0 saturated carbocycles. The lowest BCUT2D eigenvalue weighted by Gasteiger charge is -2.18. The van der Waals surface area contributed by atoms with Crippen LogP contribution >= 0.6 is 0 Å². The van der Waals surface area contributed by atoms with Gasteiger partial charge in [-0.2, -0.15) is 5.26 Å². The number of rotatable bonds is 6. The molecule has 1 aromatic rings. The highest BCUT2D eigenvalue weighted by atomic mass is 32.2. The number of nitro groups is 1. The van der Waals surface area contributed by atoms with E-state index >= 15 is 0 Å². The average molecular weight is 312 g/mol. The van der Waals surface area contributed by atoms with Crippen LogP contribution in [0.5, 0.6) is 0 Å². The summed E-state index contributed by atoms with van der Waals surface area (Å²) in [5, 5.41) is 19.7. The minimum atomic E-state index is -3.73. The molecule has 0 N–H and O–H groups in total. The van der Waals surface area contributed by atoms with Crippen molar-refractivity contribution < 1.29 is 13.3 Å². The molecule has 0 fully saturated rings. The van der Waals surface area contributed by atoms with Gasteiger partial charge in [-0.15, -0.1) is 0 Å².